The first-order valence-corrected chi connectivity index (χ1v) is 4.59. The van der Waals surface area contributed by atoms with Gasteiger partial charge in [0.15, 0.2) is 0 Å². The summed E-state index contributed by atoms with van der Waals surface area (Å²) in [7, 11) is 0. The largest absolute Gasteiger partial charge is 0.481 e. The molecule has 0 spiro atoms. The van der Waals surface area contributed by atoms with Crippen molar-refractivity contribution in [3.8, 4) is 0 Å². The van der Waals surface area contributed by atoms with Crippen LogP contribution in [0.3, 0.4) is 0 Å². The second-order valence-electron chi connectivity index (χ2n) is 2.57. The Morgan fingerprint density at radius 2 is 2.50 bits per heavy atom. The third-order valence-corrected chi connectivity index (χ3v) is 2.26. The van der Waals surface area contributed by atoms with Crippen LogP contribution in [0, 0.1) is 0 Å². The van der Waals surface area contributed by atoms with Crippen LogP contribution in [0.25, 0.3) is 0 Å². The number of halogens is 1. The third kappa shape index (κ3) is 2.59. The zero-order chi connectivity index (χ0) is 10.6. The number of aliphatic carboxylic acids is 1. The summed E-state index contributed by atoms with van der Waals surface area (Å²) < 4.78 is 5.69. The minimum Gasteiger partial charge on any atom is -0.481 e. The molecule has 6 heteroatoms. The van der Waals surface area contributed by atoms with Gasteiger partial charge >= 0.3 is 5.97 Å². The van der Waals surface area contributed by atoms with Gasteiger partial charge in [-0.3, -0.25) is 9.59 Å². The Labute approximate surface area is 88.2 Å². The molecule has 0 radical (unpaired) electrons. The lowest BCUT2D eigenvalue weighted by atomic mass is 10.1. The standard InChI is InChI=1S/C8H8BrNO4/c9-5-1-2-14-8(5)6(10-4-11)3-7(12)13/h1-2,4,6H,3H2,(H,10,11)(H,12,13). The maximum atomic E-state index is 10.5. The molecule has 0 aliphatic carbocycles. The van der Waals surface area contributed by atoms with Crippen molar-refractivity contribution in [2.45, 2.75) is 12.5 Å². The van der Waals surface area contributed by atoms with Crippen molar-refractivity contribution < 1.29 is 19.1 Å². The quantitative estimate of drug-likeness (QED) is 0.784. The molecular weight excluding hydrogens is 254 g/mol. The summed E-state index contributed by atoms with van der Waals surface area (Å²) in [4.78, 5) is 20.7. The van der Waals surface area contributed by atoms with Crippen LogP contribution in [0.4, 0.5) is 0 Å². The molecule has 1 amide bonds. The second kappa shape index (κ2) is 4.80. The van der Waals surface area contributed by atoms with Gasteiger partial charge in [0.2, 0.25) is 6.41 Å². The van der Waals surface area contributed by atoms with Crippen molar-refractivity contribution in [1.29, 1.82) is 0 Å². The number of carboxylic acid groups (broad SMARTS) is 1. The van der Waals surface area contributed by atoms with Gasteiger partial charge in [-0.05, 0) is 22.0 Å². The summed E-state index contributed by atoms with van der Waals surface area (Å²) in [5.74, 6) is -0.604. The SMILES string of the molecule is O=CNC(CC(=O)O)c1occc1Br. The highest BCUT2D eigenvalue weighted by atomic mass is 79.9. The van der Waals surface area contributed by atoms with E-state index in [0.717, 1.165) is 0 Å². The van der Waals surface area contributed by atoms with E-state index in [1.807, 2.05) is 0 Å². The summed E-state index contributed by atoms with van der Waals surface area (Å²) in [6.45, 7) is 0. The molecular formula is C8H8BrNO4. The molecule has 0 aromatic carbocycles. The van der Waals surface area contributed by atoms with Crippen LogP contribution in [0.15, 0.2) is 21.2 Å². The minimum atomic E-state index is -1.01. The maximum absolute atomic E-state index is 10.5. The van der Waals surface area contributed by atoms with E-state index in [0.29, 0.717) is 16.6 Å². The van der Waals surface area contributed by atoms with E-state index in [9.17, 15) is 9.59 Å². The van der Waals surface area contributed by atoms with E-state index in [-0.39, 0.29) is 6.42 Å². The first-order chi connectivity index (χ1) is 6.65. The molecule has 1 heterocycles. The normalized spacial score (nSPS) is 12.1. The maximum Gasteiger partial charge on any atom is 0.305 e. The molecule has 1 aromatic rings. The van der Waals surface area contributed by atoms with Gasteiger partial charge in [-0.2, -0.15) is 0 Å². The van der Waals surface area contributed by atoms with Crippen LogP contribution in [-0.2, 0) is 9.59 Å². The van der Waals surface area contributed by atoms with Gasteiger partial charge in [0.1, 0.15) is 5.76 Å². The van der Waals surface area contributed by atoms with Gasteiger partial charge in [-0.25, -0.2) is 0 Å². The lowest BCUT2D eigenvalue weighted by Crippen LogP contribution is -2.22. The van der Waals surface area contributed by atoms with Crippen molar-refractivity contribution in [2.75, 3.05) is 0 Å². The smallest absolute Gasteiger partial charge is 0.305 e. The molecule has 0 aliphatic heterocycles. The summed E-state index contributed by atoms with van der Waals surface area (Å²) in [5, 5.41) is 11.0. The van der Waals surface area contributed by atoms with Crippen LogP contribution in [-0.4, -0.2) is 17.5 Å². The Morgan fingerprint density at radius 3 is 2.93 bits per heavy atom. The molecule has 2 N–H and O–H groups in total. The highest BCUT2D eigenvalue weighted by Gasteiger charge is 2.20. The molecule has 0 bridgehead atoms. The minimum absolute atomic E-state index is 0.217. The molecule has 0 saturated carbocycles. The number of hydrogen-bond donors (Lipinski definition) is 2. The summed E-state index contributed by atoms with van der Waals surface area (Å²) >= 11 is 3.18. The molecule has 1 atom stereocenters. The number of hydrogen-bond acceptors (Lipinski definition) is 3. The van der Waals surface area contributed by atoms with Crippen LogP contribution in [0.1, 0.15) is 18.2 Å². The lowest BCUT2D eigenvalue weighted by Gasteiger charge is -2.10. The second-order valence-corrected chi connectivity index (χ2v) is 3.42. The molecule has 1 rings (SSSR count). The highest BCUT2D eigenvalue weighted by molar-refractivity contribution is 9.10. The summed E-state index contributed by atoms with van der Waals surface area (Å²) in [6, 6.07) is 0.991. The Bertz CT molecular complexity index is 336. The topological polar surface area (TPSA) is 79.5 Å². The van der Waals surface area contributed by atoms with Crippen LogP contribution >= 0.6 is 15.9 Å². The van der Waals surface area contributed by atoms with E-state index in [4.69, 9.17) is 9.52 Å². The average Bonchev–Trinajstić information content (AvgIpc) is 2.50. The Balaban J connectivity index is 2.82. The fourth-order valence-corrected chi connectivity index (χ4v) is 1.52. The average molecular weight is 262 g/mol. The molecule has 1 aromatic heterocycles. The zero-order valence-electron chi connectivity index (χ0n) is 7.07. The van der Waals surface area contributed by atoms with Crippen LogP contribution in [0.5, 0.6) is 0 Å². The van der Waals surface area contributed by atoms with E-state index in [1.165, 1.54) is 6.26 Å². The molecule has 76 valence electrons. The van der Waals surface area contributed by atoms with E-state index < -0.39 is 12.0 Å². The molecule has 14 heavy (non-hydrogen) atoms. The first-order valence-electron chi connectivity index (χ1n) is 3.79. The first kappa shape index (κ1) is 10.8. The van der Waals surface area contributed by atoms with Crippen LogP contribution in [0.2, 0.25) is 0 Å². The monoisotopic (exact) mass is 261 g/mol. The summed E-state index contributed by atoms with van der Waals surface area (Å²) in [5.41, 5.74) is 0. The predicted octanol–water partition coefficient (Wildman–Crippen LogP) is 1.30. The Morgan fingerprint density at radius 1 is 1.79 bits per heavy atom. The Hall–Kier alpha value is -1.30. The van der Waals surface area contributed by atoms with E-state index >= 15 is 0 Å². The number of rotatable bonds is 5. The number of furan rings is 1. The van der Waals surface area contributed by atoms with Crippen molar-refractivity contribution >= 4 is 28.3 Å². The van der Waals surface area contributed by atoms with Gasteiger partial charge in [0.25, 0.3) is 0 Å². The summed E-state index contributed by atoms with van der Waals surface area (Å²) in [6.07, 6.45) is 1.65. The predicted molar refractivity (Wildman–Crippen MR) is 50.6 cm³/mol. The Kier molecular flexibility index (Phi) is 3.70. The number of carboxylic acids is 1. The van der Waals surface area contributed by atoms with E-state index in [2.05, 4.69) is 21.2 Å². The van der Waals surface area contributed by atoms with Gasteiger partial charge in [-0.1, -0.05) is 0 Å². The fourth-order valence-electron chi connectivity index (χ4n) is 1.04. The fraction of sp³-hybridized carbons (Fsp3) is 0.250. The molecule has 5 nitrogen and oxygen atoms in total. The van der Waals surface area contributed by atoms with Crippen molar-refractivity contribution in [1.82, 2.24) is 5.32 Å². The third-order valence-electron chi connectivity index (χ3n) is 1.61. The molecule has 0 fully saturated rings. The highest BCUT2D eigenvalue weighted by Crippen LogP contribution is 2.26. The van der Waals surface area contributed by atoms with Crippen molar-refractivity contribution in [3.05, 3.63) is 22.6 Å². The zero-order valence-corrected chi connectivity index (χ0v) is 8.65. The van der Waals surface area contributed by atoms with E-state index in [1.54, 1.807) is 6.07 Å². The van der Waals surface area contributed by atoms with Gasteiger partial charge in [0, 0.05) is 0 Å². The number of carbonyl (C=O) groups is 2. The molecule has 1 unspecified atom stereocenters. The molecule has 0 saturated heterocycles. The molecule has 0 aliphatic rings. The van der Waals surface area contributed by atoms with Gasteiger partial charge < -0.3 is 14.8 Å². The number of carbonyl (C=O) groups excluding carboxylic acids is 1. The van der Waals surface area contributed by atoms with Crippen molar-refractivity contribution in [2.24, 2.45) is 0 Å². The lowest BCUT2D eigenvalue weighted by molar-refractivity contribution is -0.137. The number of nitrogens with one attached hydrogen (secondary N) is 1. The van der Waals surface area contributed by atoms with Crippen molar-refractivity contribution in [3.63, 3.8) is 0 Å². The number of amides is 1. The van der Waals surface area contributed by atoms with Gasteiger partial charge in [0.05, 0.1) is 23.2 Å². The van der Waals surface area contributed by atoms with Gasteiger partial charge in [-0.15, -0.1) is 0 Å². The van der Waals surface area contributed by atoms with Crippen LogP contribution < -0.4 is 5.32 Å².